The van der Waals surface area contributed by atoms with E-state index in [4.69, 9.17) is 14.2 Å². The average molecular weight is 519 g/mol. The van der Waals surface area contributed by atoms with Crippen LogP contribution >= 0.6 is 0 Å². The lowest BCUT2D eigenvalue weighted by atomic mass is 9.91. The van der Waals surface area contributed by atoms with E-state index in [1.54, 1.807) is 19.9 Å². The summed E-state index contributed by atoms with van der Waals surface area (Å²) in [6, 6.07) is 9.69. The Kier molecular flexibility index (Phi) is 8.48. The summed E-state index contributed by atoms with van der Waals surface area (Å²) in [4.78, 5) is 0. The molecular formula is C29H27F5O3. The lowest BCUT2D eigenvalue weighted by molar-refractivity contribution is 0.0345. The first kappa shape index (κ1) is 26.7. The van der Waals surface area contributed by atoms with Crippen molar-refractivity contribution in [2.45, 2.75) is 45.8 Å². The number of hydrogen-bond donors (Lipinski definition) is 0. The van der Waals surface area contributed by atoms with Crippen LogP contribution in [-0.2, 0) is 11.3 Å². The SMILES string of the molecule is CCOc1ccc(C2=CCC(OCc3ccc(-c4ccc(OCC)c(F)c4F)cc3F)CC2)c(F)c1F. The molecule has 1 atom stereocenters. The topological polar surface area (TPSA) is 27.7 Å². The second kappa shape index (κ2) is 11.8. The minimum Gasteiger partial charge on any atom is -0.491 e. The Hall–Kier alpha value is -3.39. The molecule has 0 amide bonds. The van der Waals surface area contributed by atoms with Crippen LogP contribution in [0.4, 0.5) is 22.0 Å². The maximum absolute atomic E-state index is 14.8. The first-order valence-electron chi connectivity index (χ1n) is 12.1. The van der Waals surface area contributed by atoms with Crippen molar-refractivity contribution in [2.24, 2.45) is 0 Å². The minimum atomic E-state index is -1.12. The van der Waals surface area contributed by atoms with Crippen molar-refractivity contribution < 1.29 is 36.2 Å². The first-order chi connectivity index (χ1) is 17.8. The molecule has 4 rings (SSSR count). The molecule has 196 valence electrons. The number of halogens is 5. The molecule has 3 aromatic rings. The van der Waals surface area contributed by atoms with Crippen molar-refractivity contribution in [2.75, 3.05) is 13.2 Å². The van der Waals surface area contributed by atoms with E-state index >= 15 is 0 Å². The minimum absolute atomic E-state index is 0.0217. The largest absolute Gasteiger partial charge is 0.491 e. The molecule has 1 aliphatic rings. The van der Waals surface area contributed by atoms with Gasteiger partial charge >= 0.3 is 0 Å². The van der Waals surface area contributed by atoms with Gasteiger partial charge in [0, 0.05) is 16.7 Å². The number of benzene rings is 3. The predicted octanol–water partition coefficient (Wildman–Crippen LogP) is 8.00. The van der Waals surface area contributed by atoms with Crippen molar-refractivity contribution >= 4 is 5.57 Å². The first-order valence-corrected chi connectivity index (χ1v) is 12.1. The van der Waals surface area contributed by atoms with Gasteiger partial charge in [-0.3, -0.25) is 0 Å². The third kappa shape index (κ3) is 5.80. The Labute approximate surface area is 212 Å². The summed E-state index contributed by atoms with van der Waals surface area (Å²) in [5.41, 5.74) is 1.26. The molecule has 0 saturated carbocycles. The van der Waals surface area contributed by atoms with E-state index in [0.717, 1.165) is 6.07 Å². The lowest BCUT2D eigenvalue weighted by Crippen LogP contribution is -2.16. The molecular weight excluding hydrogens is 491 g/mol. The van der Waals surface area contributed by atoms with Gasteiger partial charge in [0.25, 0.3) is 0 Å². The van der Waals surface area contributed by atoms with E-state index < -0.39 is 29.1 Å². The number of hydrogen-bond acceptors (Lipinski definition) is 3. The fourth-order valence-electron chi connectivity index (χ4n) is 4.31. The van der Waals surface area contributed by atoms with Crippen molar-refractivity contribution in [3.05, 3.63) is 88.8 Å². The molecule has 3 aromatic carbocycles. The Morgan fingerprint density at radius 2 is 1.38 bits per heavy atom. The molecule has 0 saturated heterocycles. The fraction of sp³-hybridized carbons (Fsp3) is 0.310. The number of rotatable bonds is 9. The molecule has 8 heteroatoms. The average Bonchev–Trinajstić information content (AvgIpc) is 2.90. The standard InChI is InChI=1S/C29H27F5O3/c1-3-35-24-13-11-21(26(31)28(24)33)17-7-9-20(10-8-17)37-16-19-6-5-18(15-23(19)30)22-12-14-25(36-4-2)29(34)27(22)32/h5-7,11-15,20H,3-4,8-10,16H2,1-2H3. The van der Waals surface area contributed by atoms with E-state index in [9.17, 15) is 22.0 Å². The van der Waals surface area contributed by atoms with Gasteiger partial charge in [-0.1, -0.05) is 18.2 Å². The Balaban J connectivity index is 1.40. The zero-order valence-corrected chi connectivity index (χ0v) is 20.6. The predicted molar refractivity (Wildman–Crippen MR) is 131 cm³/mol. The van der Waals surface area contributed by atoms with E-state index in [0.29, 0.717) is 24.8 Å². The molecule has 0 aromatic heterocycles. The lowest BCUT2D eigenvalue weighted by Gasteiger charge is -2.23. The third-order valence-corrected chi connectivity index (χ3v) is 6.24. The van der Waals surface area contributed by atoms with Crippen LogP contribution in [0.5, 0.6) is 11.5 Å². The number of allylic oxidation sites excluding steroid dienone is 1. The van der Waals surface area contributed by atoms with Crippen LogP contribution in [-0.4, -0.2) is 19.3 Å². The van der Waals surface area contributed by atoms with Crippen LogP contribution in [0.15, 0.2) is 48.5 Å². The smallest absolute Gasteiger partial charge is 0.201 e. The maximum Gasteiger partial charge on any atom is 0.201 e. The summed E-state index contributed by atoms with van der Waals surface area (Å²) in [5, 5.41) is 0. The van der Waals surface area contributed by atoms with Gasteiger partial charge in [-0.05, 0) is 74.6 Å². The van der Waals surface area contributed by atoms with E-state index in [1.165, 1.54) is 36.4 Å². The molecule has 3 nitrogen and oxygen atoms in total. The normalized spacial score (nSPS) is 15.4. The molecule has 37 heavy (non-hydrogen) atoms. The molecule has 0 spiro atoms. The van der Waals surface area contributed by atoms with Crippen LogP contribution in [0.25, 0.3) is 16.7 Å². The van der Waals surface area contributed by atoms with Gasteiger partial charge in [0.1, 0.15) is 5.82 Å². The van der Waals surface area contributed by atoms with Gasteiger partial charge in [0.2, 0.25) is 11.6 Å². The Bertz CT molecular complexity index is 1310. The van der Waals surface area contributed by atoms with E-state index in [2.05, 4.69) is 0 Å². The van der Waals surface area contributed by atoms with Gasteiger partial charge in [-0.2, -0.15) is 8.78 Å². The molecule has 1 unspecified atom stereocenters. The highest BCUT2D eigenvalue weighted by Crippen LogP contribution is 2.34. The van der Waals surface area contributed by atoms with Crippen LogP contribution in [0.1, 0.15) is 44.2 Å². The van der Waals surface area contributed by atoms with Gasteiger partial charge in [-0.15, -0.1) is 0 Å². The summed E-state index contributed by atoms with van der Waals surface area (Å²) < 4.78 is 88.2. The quantitative estimate of drug-likeness (QED) is 0.269. The van der Waals surface area contributed by atoms with Gasteiger partial charge in [0.15, 0.2) is 23.1 Å². The molecule has 1 aliphatic carbocycles. The molecule has 0 heterocycles. The summed E-state index contributed by atoms with van der Waals surface area (Å²) in [6.07, 6.45) is 3.06. The van der Waals surface area contributed by atoms with Gasteiger partial charge < -0.3 is 14.2 Å². The summed E-state index contributed by atoms with van der Waals surface area (Å²) in [5.74, 6) is -5.11. The molecule has 0 fully saturated rings. The van der Waals surface area contributed by atoms with E-state index in [-0.39, 0.29) is 59.7 Å². The second-order valence-corrected chi connectivity index (χ2v) is 8.59. The number of ether oxygens (including phenoxy) is 3. The highest BCUT2D eigenvalue weighted by Gasteiger charge is 2.22. The maximum atomic E-state index is 14.8. The second-order valence-electron chi connectivity index (χ2n) is 8.59. The summed E-state index contributed by atoms with van der Waals surface area (Å²) >= 11 is 0. The van der Waals surface area contributed by atoms with Gasteiger partial charge in [-0.25, -0.2) is 13.2 Å². The van der Waals surface area contributed by atoms with Crippen molar-refractivity contribution in [3.8, 4) is 22.6 Å². The van der Waals surface area contributed by atoms with Crippen molar-refractivity contribution in [3.63, 3.8) is 0 Å². The monoisotopic (exact) mass is 518 g/mol. The molecule has 0 aliphatic heterocycles. The van der Waals surface area contributed by atoms with Crippen LogP contribution < -0.4 is 9.47 Å². The van der Waals surface area contributed by atoms with Crippen molar-refractivity contribution in [1.29, 1.82) is 0 Å². The Morgan fingerprint density at radius 1 is 0.757 bits per heavy atom. The van der Waals surface area contributed by atoms with Crippen LogP contribution in [0.3, 0.4) is 0 Å². The Morgan fingerprint density at radius 3 is 1.95 bits per heavy atom. The van der Waals surface area contributed by atoms with Crippen LogP contribution in [0, 0.1) is 29.1 Å². The van der Waals surface area contributed by atoms with Crippen molar-refractivity contribution in [1.82, 2.24) is 0 Å². The van der Waals surface area contributed by atoms with E-state index in [1.807, 2.05) is 0 Å². The molecule has 0 N–H and O–H groups in total. The fourth-order valence-corrected chi connectivity index (χ4v) is 4.31. The van der Waals surface area contributed by atoms with Gasteiger partial charge in [0.05, 0.1) is 25.9 Å². The summed E-state index contributed by atoms with van der Waals surface area (Å²) in [7, 11) is 0. The zero-order valence-electron chi connectivity index (χ0n) is 20.6. The highest BCUT2D eigenvalue weighted by molar-refractivity contribution is 5.68. The molecule has 0 radical (unpaired) electrons. The molecule has 0 bridgehead atoms. The van der Waals surface area contributed by atoms with Crippen LogP contribution in [0.2, 0.25) is 0 Å². The highest BCUT2D eigenvalue weighted by atomic mass is 19.2. The summed E-state index contributed by atoms with van der Waals surface area (Å²) in [6.45, 7) is 3.75. The third-order valence-electron chi connectivity index (χ3n) is 6.24. The zero-order chi connectivity index (χ0) is 26.5.